The summed E-state index contributed by atoms with van der Waals surface area (Å²) in [5.41, 5.74) is 4.60. The number of nitrogens with two attached hydrogens (primary N) is 1. The van der Waals surface area contributed by atoms with Gasteiger partial charge in [0.2, 0.25) is 0 Å². The first-order valence-electron chi connectivity index (χ1n) is 5.33. The quantitative estimate of drug-likeness (QED) is 0.753. The number of carbonyl (C=O) groups is 1. The standard InChI is InChI=1S/C11H24N2O3/c1-10(2,3)15-7-13(9(12)14)8-16-11(4,5)6/h7-8H2,1-6H3,(H2,12,14). The van der Waals surface area contributed by atoms with E-state index in [1.54, 1.807) is 0 Å². The maximum Gasteiger partial charge on any atom is 0.318 e. The van der Waals surface area contributed by atoms with Crippen molar-refractivity contribution in [2.75, 3.05) is 13.5 Å². The number of amides is 2. The van der Waals surface area contributed by atoms with Crippen molar-refractivity contribution in [1.82, 2.24) is 4.90 Å². The highest BCUT2D eigenvalue weighted by molar-refractivity contribution is 5.71. The zero-order valence-electron chi connectivity index (χ0n) is 11.2. The SMILES string of the molecule is CC(C)(C)OCN(COC(C)(C)C)C(N)=O. The molecule has 0 saturated heterocycles. The van der Waals surface area contributed by atoms with Crippen LogP contribution < -0.4 is 5.73 Å². The Morgan fingerprint density at radius 2 is 1.31 bits per heavy atom. The van der Waals surface area contributed by atoms with Gasteiger partial charge in [-0.25, -0.2) is 4.79 Å². The van der Waals surface area contributed by atoms with Gasteiger partial charge in [0.1, 0.15) is 13.5 Å². The number of hydrogen-bond donors (Lipinski definition) is 1. The highest BCUT2D eigenvalue weighted by Gasteiger charge is 2.18. The highest BCUT2D eigenvalue weighted by Crippen LogP contribution is 2.10. The second-order valence-electron chi connectivity index (χ2n) is 5.65. The lowest BCUT2D eigenvalue weighted by Gasteiger charge is -2.29. The molecule has 5 heteroatoms. The molecule has 5 nitrogen and oxygen atoms in total. The third-order valence-electron chi connectivity index (χ3n) is 1.62. The molecule has 0 aromatic heterocycles. The van der Waals surface area contributed by atoms with E-state index >= 15 is 0 Å². The van der Waals surface area contributed by atoms with Crippen LogP contribution in [-0.4, -0.2) is 35.6 Å². The summed E-state index contributed by atoms with van der Waals surface area (Å²) in [5, 5.41) is 0. The molecular formula is C11H24N2O3. The third-order valence-corrected chi connectivity index (χ3v) is 1.62. The zero-order valence-corrected chi connectivity index (χ0v) is 11.2. The number of primary amides is 1. The largest absolute Gasteiger partial charge is 0.355 e. The lowest BCUT2D eigenvalue weighted by atomic mass is 10.2. The van der Waals surface area contributed by atoms with Crippen LogP contribution in [0.15, 0.2) is 0 Å². The number of rotatable bonds is 4. The molecule has 0 aliphatic heterocycles. The lowest BCUT2D eigenvalue weighted by Crippen LogP contribution is -2.43. The van der Waals surface area contributed by atoms with Crippen LogP contribution in [-0.2, 0) is 9.47 Å². The predicted molar refractivity (Wildman–Crippen MR) is 62.8 cm³/mol. The van der Waals surface area contributed by atoms with Gasteiger partial charge in [0.25, 0.3) is 0 Å². The average Bonchev–Trinajstić information content (AvgIpc) is 1.98. The Bertz CT molecular complexity index is 210. The third kappa shape index (κ3) is 8.49. The van der Waals surface area contributed by atoms with Crippen LogP contribution in [0.2, 0.25) is 0 Å². The molecule has 0 unspecified atom stereocenters. The molecular weight excluding hydrogens is 208 g/mol. The van der Waals surface area contributed by atoms with E-state index in [2.05, 4.69) is 0 Å². The summed E-state index contributed by atoms with van der Waals surface area (Å²) in [6, 6.07) is -0.548. The fourth-order valence-corrected chi connectivity index (χ4v) is 0.708. The van der Waals surface area contributed by atoms with E-state index in [4.69, 9.17) is 15.2 Å². The summed E-state index contributed by atoms with van der Waals surface area (Å²) in [4.78, 5) is 12.4. The first-order valence-corrected chi connectivity index (χ1v) is 5.33. The van der Waals surface area contributed by atoms with Crippen LogP contribution in [0.3, 0.4) is 0 Å². The molecule has 96 valence electrons. The highest BCUT2D eigenvalue weighted by atomic mass is 16.5. The van der Waals surface area contributed by atoms with E-state index in [0.29, 0.717) is 0 Å². The molecule has 0 bridgehead atoms. The Labute approximate surface area is 97.9 Å². The second-order valence-corrected chi connectivity index (χ2v) is 5.65. The van der Waals surface area contributed by atoms with Crippen LogP contribution >= 0.6 is 0 Å². The number of hydrogen-bond acceptors (Lipinski definition) is 3. The van der Waals surface area contributed by atoms with Crippen molar-refractivity contribution in [3.8, 4) is 0 Å². The van der Waals surface area contributed by atoms with Crippen molar-refractivity contribution in [2.24, 2.45) is 5.73 Å². The van der Waals surface area contributed by atoms with Gasteiger partial charge in [0.15, 0.2) is 0 Å². The Morgan fingerprint density at radius 1 is 1.00 bits per heavy atom. The van der Waals surface area contributed by atoms with Crippen molar-refractivity contribution >= 4 is 6.03 Å². The summed E-state index contributed by atoms with van der Waals surface area (Å²) < 4.78 is 10.9. The molecule has 0 fully saturated rings. The van der Waals surface area contributed by atoms with Crippen molar-refractivity contribution in [3.63, 3.8) is 0 Å². The molecule has 0 aromatic rings. The molecule has 2 N–H and O–H groups in total. The van der Waals surface area contributed by atoms with Crippen LogP contribution in [0.25, 0.3) is 0 Å². The summed E-state index contributed by atoms with van der Waals surface area (Å²) >= 11 is 0. The van der Waals surface area contributed by atoms with Crippen LogP contribution in [0, 0.1) is 0 Å². The molecule has 0 atom stereocenters. The molecule has 0 aliphatic carbocycles. The molecule has 0 aromatic carbocycles. The first kappa shape index (κ1) is 15.2. The maximum absolute atomic E-state index is 11.1. The van der Waals surface area contributed by atoms with Crippen molar-refractivity contribution in [3.05, 3.63) is 0 Å². The minimum Gasteiger partial charge on any atom is -0.355 e. The Hall–Kier alpha value is -0.810. The number of carbonyl (C=O) groups excluding carboxylic acids is 1. The van der Waals surface area contributed by atoms with E-state index in [1.165, 1.54) is 4.90 Å². The first-order chi connectivity index (χ1) is 7.01. The van der Waals surface area contributed by atoms with E-state index in [1.807, 2.05) is 41.5 Å². The smallest absolute Gasteiger partial charge is 0.318 e. The van der Waals surface area contributed by atoms with Gasteiger partial charge in [-0.2, -0.15) is 0 Å². The van der Waals surface area contributed by atoms with Crippen LogP contribution in [0.5, 0.6) is 0 Å². The molecule has 16 heavy (non-hydrogen) atoms. The second kappa shape index (κ2) is 5.50. The molecule has 0 spiro atoms. The van der Waals surface area contributed by atoms with Crippen molar-refractivity contribution < 1.29 is 14.3 Å². The van der Waals surface area contributed by atoms with E-state index in [-0.39, 0.29) is 24.7 Å². The van der Waals surface area contributed by atoms with E-state index in [9.17, 15) is 4.79 Å². The van der Waals surface area contributed by atoms with Gasteiger partial charge in [-0.15, -0.1) is 0 Å². The Morgan fingerprint density at radius 3 is 1.50 bits per heavy atom. The molecule has 0 heterocycles. The Balaban J connectivity index is 4.15. The number of urea groups is 1. The van der Waals surface area contributed by atoms with Gasteiger partial charge in [-0.3, -0.25) is 4.90 Å². The summed E-state index contributed by atoms with van der Waals surface area (Å²) in [5.74, 6) is 0. The monoisotopic (exact) mass is 232 g/mol. The van der Waals surface area contributed by atoms with Gasteiger partial charge < -0.3 is 15.2 Å². The zero-order chi connectivity index (χ0) is 13.0. The fraction of sp³-hybridized carbons (Fsp3) is 0.909. The van der Waals surface area contributed by atoms with E-state index < -0.39 is 6.03 Å². The molecule has 2 amide bonds. The number of nitrogens with zero attached hydrogens (tertiary/aromatic N) is 1. The minimum absolute atomic E-state index is 0.134. The van der Waals surface area contributed by atoms with Crippen LogP contribution in [0.1, 0.15) is 41.5 Å². The topological polar surface area (TPSA) is 64.8 Å². The molecule has 0 radical (unpaired) electrons. The summed E-state index contributed by atoms with van der Waals surface area (Å²) in [7, 11) is 0. The predicted octanol–water partition coefficient (Wildman–Crippen LogP) is 1.91. The lowest BCUT2D eigenvalue weighted by molar-refractivity contribution is -0.106. The van der Waals surface area contributed by atoms with Gasteiger partial charge in [-0.1, -0.05) is 0 Å². The number of ether oxygens (including phenoxy) is 2. The summed E-state index contributed by atoms with van der Waals surface area (Å²) in [6.07, 6.45) is 0. The fourth-order valence-electron chi connectivity index (χ4n) is 0.708. The maximum atomic E-state index is 11.1. The Kier molecular flexibility index (Phi) is 5.22. The minimum atomic E-state index is -0.548. The van der Waals surface area contributed by atoms with Crippen molar-refractivity contribution in [2.45, 2.75) is 52.7 Å². The average molecular weight is 232 g/mol. The molecule has 0 rings (SSSR count). The van der Waals surface area contributed by atoms with Gasteiger partial charge >= 0.3 is 6.03 Å². The van der Waals surface area contributed by atoms with E-state index in [0.717, 1.165) is 0 Å². The van der Waals surface area contributed by atoms with Gasteiger partial charge in [0.05, 0.1) is 11.2 Å². The van der Waals surface area contributed by atoms with Gasteiger partial charge in [0, 0.05) is 0 Å². The van der Waals surface area contributed by atoms with Gasteiger partial charge in [-0.05, 0) is 41.5 Å². The summed E-state index contributed by atoms with van der Waals surface area (Å²) in [6.45, 7) is 11.7. The molecule has 0 saturated carbocycles. The van der Waals surface area contributed by atoms with Crippen molar-refractivity contribution in [1.29, 1.82) is 0 Å². The van der Waals surface area contributed by atoms with Crippen LogP contribution in [0.4, 0.5) is 4.79 Å². The normalized spacial score (nSPS) is 12.6. The molecule has 0 aliphatic rings.